The van der Waals surface area contributed by atoms with Crippen molar-refractivity contribution in [3.63, 3.8) is 0 Å². The highest BCUT2D eigenvalue weighted by Crippen LogP contribution is 1.96. The largest absolute Gasteiger partial charge is 0.390 e. The van der Waals surface area contributed by atoms with Gasteiger partial charge in [-0.15, -0.1) is 12.4 Å². The van der Waals surface area contributed by atoms with E-state index in [-0.39, 0.29) is 19.0 Å². The summed E-state index contributed by atoms with van der Waals surface area (Å²) in [5.41, 5.74) is 1.84. The third-order valence-electron chi connectivity index (χ3n) is 1.13. The number of halogens is 1. The standard InChI is InChI=1S/C7H9NO.ClH/c1-6-2-3-7(5-9)8-4-6;/h2-4,9H,5H2,1H3;1H. The van der Waals surface area contributed by atoms with Crippen LogP contribution >= 0.6 is 12.4 Å². The first-order chi connectivity index (χ1) is 4.33. The fourth-order valence-electron chi connectivity index (χ4n) is 0.592. The van der Waals surface area contributed by atoms with Crippen molar-refractivity contribution in [3.05, 3.63) is 29.6 Å². The molecule has 0 aliphatic carbocycles. The maximum atomic E-state index is 8.57. The Morgan fingerprint density at radius 1 is 1.50 bits per heavy atom. The summed E-state index contributed by atoms with van der Waals surface area (Å²) in [7, 11) is 0. The van der Waals surface area contributed by atoms with Gasteiger partial charge in [0.05, 0.1) is 12.3 Å². The summed E-state index contributed by atoms with van der Waals surface area (Å²) >= 11 is 0. The zero-order valence-corrected chi connectivity index (χ0v) is 6.56. The van der Waals surface area contributed by atoms with Gasteiger partial charge in [0.15, 0.2) is 0 Å². The van der Waals surface area contributed by atoms with E-state index >= 15 is 0 Å². The van der Waals surface area contributed by atoms with Crippen LogP contribution in [0.4, 0.5) is 0 Å². The summed E-state index contributed by atoms with van der Waals surface area (Å²) in [4.78, 5) is 3.95. The van der Waals surface area contributed by atoms with E-state index in [0.717, 1.165) is 11.3 Å². The number of hydrogen-bond acceptors (Lipinski definition) is 2. The van der Waals surface area contributed by atoms with E-state index in [1.54, 1.807) is 6.20 Å². The normalized spacial score (nSPS) is 8.60. The Labute approximate surface area is 66.3 Å². The zero-order valence-electron chi connectivity index (χ0n) is 5.74. The molecule has 56 valence electrons. The molecule has 1 N–H and O–H groups in total. The third-order valence-corrected chi connectivity index (χ3v) is 1.13. The van der Waals surface area contributed by atoms with Crippen molar-refractivity contribution in [1.82, 2.24) is 4.98 Å². The van der Waals surface area contributed by atoms with Gasteiger partial charge in [0.1, 0.15) is 0 Å². The van der Waals surface area contributed by atoms with Gasteiger partial charge in [0.2, 0.25) is 0 Å². The van der Waals surface area contributed by atoms with Crippen molar-refractivity contribution in [1.29, 1.82) is 0 Å². The second-order valence-corrected chi connectivity index (χ2v) is 1.99. The molecule has 0 bridgehead atoms. The fourth-order valence-corrected chi connectivity index (χ4v) is 0.592. The summed E-state index contributed by atoms with van der Waals surface area (Å²) in [6, 6.07) is 3.74. The average Bonchev–Trinajstić information content (AvgIpc) is 1.90. The number of nitrogens with zero attached hydrogens (tertiary/aromatic N) is 1. The van der Waals surface area contributed by atoms with Gasteiger partial charge in [-0.1, -0.05) is 6.07 Å². The first kappa shape index (κ1) is 9.40. The van der Waals surface area contributed by atoms with Gasteiger partial charge in [-0.05, 0) is 18.6 Å². The summed E-state index contributed by atoms with van der Waals surface area (Å²) in [6.45, 7) is 1.99. The molecule has 1 rings (SSSR count). The van der Waals surface area contributed by atoms with Gasteiger partial charge in [-0.2, -0.15) is 0 Å². The lowest BCUT2D eigenvalue weighted by atomic mass is 10.3. The van der Waals surface area contributed by atoms with Crippen LogP contribution in [0.15, 0.2) is 18.3 Å². The molecule has 0 spiro atoms. The Balaban J connectivity index is 0.000000810. The van der Waals surface area contributed by atoms with Crippen molar-refractivity contribution in [2.75, 3.05) is 0 Å². The number of aromatic nitrogens is 1. The molecule has 0 aliphatic heterocycles. The molecule has 0 aromatic carbocycles. The lowest BCUT2D eigenvalue weighted by Gasteiger charge is -1.93. The third kappa shape index (κ3) is 2.33. The molecule has 0 radical (unpaired) electrons. The molecule has 0 unspecified atom stereocenters. The quantitative estimate of drug-likeness (QED) is 0.670. The Hall–Kier alpha value is -0.600. The summed E-state index contributed by atoms with van der Waals surface area (Å²) < 4.78 is 0. The van der Waals surface area contributed by atoms with Gasteiger partial charge < -0.3 is 5.11 Å². The molecule has 1 aromatic heterocycles. The van der Waals surface area contributed by atoms with E-state index in [1.165, 1.54) is 0 Å². The molecule has 0 amide bonds. The average molecular weight is 160 g/mol. The van der Waals surface area contributed by atoms with Gasteiger partial charge in [0.25, 0.3) is 0 Å². The smallest absolute Gasteiger partial charge is 0.0852 e. The van der Waals surface area contributed by atoms with Crippen molar-refractivity contribution in [3.8, 4) is 0 Å². The highest BCUT2D eigenvalue weighted by molar-refractivity contribution is 5.85. The topological polar surface area (TPSA) is 33.1 Å². The number of pyridine rings is 1. The van der Waals surface area contributed by atoms with Crippen LogP contribution in [0.2, 0.25) is 0 Å². The lowest BCUT2D eigenvalue weighted by Crippen LogP contribution is -1.87. The van der Waals surface area contributed by atoms with Gasteiger partial charge >= 0.3 is 0 Å². The minimum Gasteiger partial charge on any atom is -0.390 e. The minimum atomic E-state index is 0. The van der Waals surface area contributed by atoms with Crippen molar-refractivity contribution >= 4 is 12.4 Å². The molecule has 0 fully saturated rings. The molecular formula is C7H10ClNO. The van der Waals surface area contributed by atoms with Crippen LogP contribution in [0.25, 0.3) is 0 Å². The maximum Gasteiger partial charge on any atom is 0.0852 e. The molecule has 0 saturated carbocycles. The number of aryl methyl sites for hydroxylation is 1. The van der Waals surface area contributed by atoms with Crippen LogP contribution in [0, 0.1) is 6.92 Å². The first-order valence-corrected chi connectivity index (χ1v) is 2.85. The minimum absolute atomic E-state index is 0. The Morgan fingerprint density at radius 2 is 2.20 bits per heavy atom. The molecule has 0 saturated heterocycles. The van der Waals surface area contributed by atoms with Gasteiger partial charge in [0, 0.05) is 6.20 Å². The molecule has 0 aliphatic rings. The zero-order chi connectivity index (χ0) is 6.69. The second-order valence-electron chi connectivity index (χ2n) is 1.99. The van der Waals surface area contributed by atoms with Crippen molar-refractivity contribution in [2.45, 2.75) is 13.5 Å². The van der Waals surface area contributed by atoms with Crippen LogP contribution in [-0.4, -0.2) is 10.1 Å². The predicted octanol–water partition coefficient (Wildman–Crippen LogP) is 1.30. The van der Waals surface area contributed by atoms with E-state index < -0.39 is 0 Å². The van der Waals surface area contributed by atoms with Crippen molar-refractivity contribution < 1.29 is 5.11 Å². The lowest BCUT2D eigenvalue weighted by molar-refractivity contribution is 0.277. The highest BCUT2D eigenvalue weighted by atomic mass is 35.5. The summed E-state index contributed by atoms with van der Waals surface area (Å²) in [5, 5.41) is 8.57. The molecule has 3 heteroatoms. The molecule has 2 nitrogen and oxygen atoms in total. The SMILES string of the molecule is Cc1ccc(CO)nc1.Cl. The van der Waals surface area contributed by atoms with Crippen LogP contribution in [0.5, 0.6) is 0 Å². The number of aliphatic hydroxyl groups excluding tert-OH is 1. The molecule has 0 atom stereocenters. The molecular weight excluding hydrogens is 150 g/mol. The molecule has 10 heavy (non-hydrogen) atoms. The number of rotatable bonds is 1. The van der Waals surface area contributed by atoms with Crippen LogP contribution in [0.3, 0.4) is 0 Å². The highest BCUT2D eigenvalue weighted by Gasteiger charge is 1.87. The Morgan fingerprint density at radius 3 is 2.60 bits per heavy atom. The van der Waals surface area contributed by atoms with Crippen LogP contribution in [-0.2, 0) is 6.61 Å². The Bertz CT molecular complexity index is 185. The van der Waals surface area contributed by atoms with Crippen LogP contribution in [0.1, 0.15) is 11.3 Å². The molecule has 1 heterocycles. The van der Waals surface area contributed by atoms with E-state index in [9.17, 15) is 0 Å². The second kappa shape index (κ2) is 4.25. The summed E-state index contributed by atoms with van der Waals surface area (Å²) in [5.74, 6) is 0. The maximum absolute atomic E-state index is 8.57. The van der Waals surface area contributed by atoms with E-state index in [0.29, 0.717) is 0 Å². The fraction of sp³-hybridized carbons (Fsp3) is 0.286. The summed E-state index contributed by atoms with van der Waals surface area (Å²) in [6.07, 6.45) is 1.74. The van der Waals surface area contributed by atoms with E-state index in [2.05, 4.69) is 4.98 Å². The predicted molar refractivity (Wildman–Crippen MR) is 42.1 cm³/mol. The Kier molecular flexibility index (Phi) is 4.00. The first-order valence-electron chi connectivity index (χ1n) is 2.85. The van der Waals surface area contributed by atoms with Crippen molar-refractivity contribution in [2.24, 2.45) is 0 Å². The van der Waals surface area contributed by atoms with E-state index in [4.69, 9.17) is 5.11 Å². The monoisotopic (exact) mass is 159 g/mol. The van der Waals surface area contributed by atoms with Gasteiger partial charge in [-0.25, -0.2) is 0 Å². The molecule has 1 aromatic rings. The van der Waals surface area contributed by atoms with Gasteiger partial charge in [-0.3, -0.25) is 4.98 Å². The van der Waals surface area contributed by atoms with Crippen LogP contribution < -0.4 is 0 Å². The number of aliphatic hydroxyl groups is 1. The van der Waals surface area contributed by atoms with E-state index in [1.807, 2.05) is 19.1 Å². The number of hydrogen-bond donors (Lipinski definition) is 1.